The Morgan fingerprint density at radius 1 is 1.10 bits per heavy atom. The smallest absolute Gasteiger partial charge is 0.194 e. The van der Waals surface area contributed by atoms with Crippen LogP contribution in [0.3, 0.4) is 0 Å². The lowest BCUT2D eigenvalue weighted by Crippen LogP contribution is -2.04. The van der Waals surface area contributed by atoms with Crippen LogP contribution >= 0.6 is 23.2 Å². The van der Waals surface area contributed by atoms with Crippen LogP contribution in [-0.2, 0) is 0 Å². The standard InChI is InChI=1S/C15H13Cl2NO2/c1-8-3-9(5-10(18)4-8)15(19)11-6-13(17)14(20-2)7-12(11)16/h3-7H,18H2,1-2H3. The predicted molar refractivity (Wildman–Crippen MR) is 82.0 cm³/mol. The Kier molecular flexibility index (Phi) is 4.21. The highest BCUT2D eigenvalue weighted by Gasteiger charge is 2.16. The van der Waals surface area contributed by atoms with Crippen LogP contribution in [0.4, 0.5) is 5.69 Å². The second kappa shape index (κ2) is 5.73. The summed E-state index contributed by atoms with van der Waals surface area (Å²) in [6.45, 7) is 1.87. The molecule has 104 valence electrons. The van der Waals surface area contributed by atoms with Crippen molar-refractivity contribution in [3.8, 4) is 5.75 Å². The first-order valence-corrected chi connectivity index (χ1v) is 6.63. The van der Waals surface area contributed by atoms with E-state index < -0.39 is 0 Å². The van der Waals surface area contributed by atoms with Crippen molar-refractivity contribution in [1.82, 2.24) is 0 Å². The molecule has 0 unspecified atom stereocenters. The first-order valence-electron chi connectivity index (χ1n) is 5.87. The number of ketones is 1. The topological polar surface area (TPSA) is 52.3 Å². The van der Waals surface area contributed by atoms with Crippen LogP contribution in [0.15, 0.2) is 30.3 Å². The Morgan fingerprint density at radius 3 is 2.40 bits per heavy atom. The zero-order valence-electron chi connectivity index (χ0n) is 11.0. The summed E-state index contributed by atoms with van der Waals surface area (Å²) in [6, 6.07) is 8.19. The molecular weight excluding hydrogens is 297 g/mol. The van der Waals surface area contributed by atoms with Gasteiger partial charge in [-0.3, -0.25) is 4.79 Å². The van der Waals surface area contributed by atoms with Crippen molar-refractivity contribution in [1.29, 1.82) is 0 Å². The van der Waals surface area contributed by atoms with E-state index in [0.29, 0.717) is 27.6 Å². The Balaban J connectivity index is 2.50. The molecule has 20 heavy (non-hydrogen) atoms. The van der Waals surface area contributed by atoms with Crippen molar-refractivity contribution in [2.24, 2.45) is 0 Å². The molecule has 3 nitrogen and oxygen atoms in total. The average molecular weight is 310 g/mol. The van der Waals surface area contributed by atoms with Gasteiger partial charge in [0.15, 0.2) is 5.78 Å². The van der Waals surface area contributed by atoms with Gasteiger partial charge in [0.05, 0.1) is 17.2 Å². The van der Waals surface area contributed by atoms with Crippen LogP contribution in [0.2, 0.25) is 10.0 Å². The van der Waals surface area contributed by atoms with Crippen molar-refractivity contribution >= 4 is 34.7 Å². The van der Waals surface area contributed by atoms with Crippen molar-refractivity contribution in [2.75, 3.05) is 12.8 Å². The summed E-state index contributed by atoms with van der Waals surface area (Å²) in [5.41, 5.74) is 7.99. The first kappa shape index (κ1) is 14.7. The highest BCUT2D eigenvalue weighted by molar-refractivity contribution is 6.37. The highest BCUT2D eigenvalue weighted by atomic mass is 35.5. The minimum Gasteiger partial charge on any atom is -0.495 e. The van der Waals surface area contributed by atoms with E-state index in [0.717, 1.165) is 5.56 Å². The quantitative estimate of drug-likeness (QED) is 0.685. The number of carbonyl (C=O) groups is 1. The van der Waals surface area contributed by atoms with Crippen LogP contribution in [0, 0.1) is 6.92 Å². The summed E-state index contributed by atoms with van der Waals surface area (Å²) in [4.78, 5) is 12.5. The van der Waals surface area contributed by atoms with Crippen LogP contribution in [0.5, 0.6) is 5.75 Å². The maximum Gasteiger partial charge on any atom is 0.194 e. The van der Waals surface area contributed by atoms with E-state index in [1.807, 2.05) is 6.92 Å². The Bertz CT molecular complexity index is 664. The number of halogens is 2. The number of rotatable bonds is 3. The molecule has 0 amide bonds. The number of hydrogen-bond donors (Lipinski definition) is 1. The Hall–Kier alpha value is -1.71. The number of aryl methyl sites for hydroxylation is 1. The van der Waals surface area contributed by atoms with Crippen LogP contribution in [-0.4, -0.2) is 12.9 Å². The third-order valence-corrected chi connectivity index (χ3v) is 3.46. The molecule has 2 rings (SSSR count). The van der Waals surface area contributed by atoms with E-state index in [9.17, 15) is 4.79 Å². The van der Waals surface area contributed by atoms with E-state index in [2.05, 4.69) is 0 Å². The molecule has 0 aliphatic heterocycles. The van der Waals surface area contributed by atoms with Gasteiger partial charge in [-0.1, -0.05) is 23.2 Å². The molecule has 2 N–H and O–H groups in total. The van der Waals surface area contributed by atoms with Crippen LogP contribution < -0.4 is 10.5 Å². The first-order chi connectivity index (χ1) is 9.42. The van der Waals surface area contributed by atoms with Gasteiger partial charge in [-0.05, 0) is 36.8 Å². The molecule has 0 aliphatic rings. The van der Waals surface area contributed by atoms with Gasteiger partial charge >= 0.3 is 0 Å². The Labute approximate surface area is 127 Å². The fraction of sp³-hybridized carbons (Fsp3) is 0.133. The summed E-state index contributed by atoms with van der Waals surface area (Å²) in [5, 5.41) is 0.622. The summed E-state index contributed by atoms with van der Waals surface area (Å²) in [6.07, 6.45) is 0. The second-order valence-corrected chi connectivity index (χ2v) is 5.24. The van der Waals surface area contributed by atoms with E-state index >= 15 is 0 Å². The van der Waals surface area contributed by atoms with Crippen LogP contribution in [0.1, 0.15) is 21.5 Å². The number of carbonyl (C=O) groups excluding carboxylic acids is 1. The van der Waals surface area contributed by atoms with Crippen molar-refractivity contribution in [3.05, 3.63) is 57.1 Å². The SMILES string of the molecule is COc1cc(Cl)c(C(=O)c2cc(C)cc(N)c2)cc1Cl. The number of anilines is 1. The third-order valence-electron chi connectivity index (χ3n) is 2.85. The van der Waals surface area contributed by atoms with E-state index in [1.165, 1.54) is 19.2 Å². The minimum absolute atomic E-state index is 0.227. The van der Waals surface area contributed by atoms with Crippen molar-refractivity contribution in [2.45, 2.75) is 6.92 Å². The maximum atomic E-state index is 12.5. The number of ether oxygens (including phenoxy) is 1. The zero-order valence-corrected chi connectivity index (χ0v) is 12.5. The zero-order chi connectivity index (χ0) is 14.9. The lowest BCUT2D eigenvalue weighted by molar-refractivity contribution is 0.103. The molecule has 0 saturated carbocycles. The number of methoxy groups -OCH3 is 1. The van der Waals surface area contributed by atoms with Gasteiger partial charge in [-0.15, -0.1) is 0 Å². The largest absolute Gasteiger partial charge is 0.495 e. The highest BCUT2D eigenvalue weighted by Crippen LogP contribution is 2.32. The monoisotopic (exact) mass is 309 g/mol. The van der Waals surface area contributed by atoms with E-state index in [1.54, 1.807) is 18.2 Å². The summed E-state index contributed by atoms with van der Waals surface area (Å²) in [5.74, 6) is 0.201. The number of hydrogen-bond acceptors (Lipinski definition) is 3. The second-order valence-electron chi connectivity index (χ2n) is 4.43. The summed E-state index contributed by atoms with van der Waals surface area (Å²) >= 11 is 12.1. The molecule has 0 saturated heterocycles. The summed E-state index contributed by atoms with van der Waals surface area (Å²) in [7, 11) is 1.49. The maximum absolute atomic E-state index is 12.5. The molecule has 0 bridgehead atoms. The van der Waals surface area contributed by atoms with Gasteiger partial charge in [0.25, 0.3) is 0 Å². The number of benzene rings is 2. The molecule has 0 spiro atoms. The lowest BCUT2D eigenvalue weighted by atomic mass is 10.0. The molecule has 0 fully saturated rings. The van der Waals surface area contributed by atoms with E-state index in [4.69, 9.17) is 33.7 Å². The van der Waals surface area contributed by atoms with E-state index in [-0.39, 0.29) is 10.8 Å². The molecule has 0 aliphatic carbocycles. The van der Waals surface area contributed by atoms with Gasteiger partial charge in [0.1, 0.15) is 5.75 Å². The predicted octanol–water partition coefficient (Wildman–Crippen LogP) is 4.12. The van der Waals surface area contributed by atoms with Gasteiger partial charge in [-0.25, -0.2) is 0 Å². The molecule has 0 heterocycles. The molecule has 5 heteroatoms. The summed E-state index contributed by atoms with van der Waals surface area (Å²) < 4.78 is 5.06. The van der Waals surface area contributed by atoms with Crippen LogP contribution in [0.25, 0.3) is 0 Å². The molecular formula is C15H13Cl2NO2. The molecule has 2 aromatic rings. The average Bonchev–Trinajstić information content (AvgIpc) is 2.39. The molecule has 2 aromatic carbocycles. The molecule has 0 atom stereocenters. The number of nitrogen functional groups attached to an aromatic ring is 1. The van der Waals surface area contributed by atoms with Gasteiger partial charge < -0.3 is 10.5 Å². The fourth-order valence-corrected chi connectivity index (χ4v) is 2.44. The van der Waals surface area contributed by atoms with Gasteiger partial charge in [-0.2, -0.15) is 0 Å². The van der Waals surface area contributed by atoms with Crippen molar-refractivity contribution in [3.63, 3.8) is 0 Å². The number of nitrogens with two attached hydrogens (primary N) is 1. The minimum atomic E-state index is -0.227. The normalized spacial score (nSPS) is 10.4. The fourth-order valence-electron chi connectivity index (χ4n) is 1.96. The molecule has 0 aromatic heterocycles. The van der Waals surface area contributed by atoms with Gasteiger partial charge in [0, 0.05) is 22.9 Å². The third kappa shape index (κ3) is 2.89. The Morgan fingerprint density at radius 2 is 1.80 bits per heavy atom. The molecule has 0 radical (unpaired) electrons. The lowest BCUT2D eigenvalue weighted by Gasteiger charge is -2.09. The van der Waals surface area contributed by atoms with Crippen molar-refractivity contribution < 1.29 is 9.53 Å². The van der Waals surface area contributed by atoms with Gasteiger partial charge in [0.2, 0.25) is 0 Å².